The highest BCUT2D eigenvalue weighted by Gasteiger charge is 2.25. The van der Waals surface area contributed by atoms with Crippen LogP contribution in [-0.4, -0.2) is 52.4 Å². The molecular weight excluding hydrogens is 340 g/mol. The Balaban J connectivity index is 1.47. The van der Waals surface area contributed by atoms with Gasteiger partial charge in [-0.3, -0.25) is 9.69 Å². The van der Waals surface area contributed by atoms with E-state index in [0.29, 0.717) is 25.3 Å². The Bertz CT molecular complexity index is 843. The molecule has 130 valence electrons. The second-order valence-electron chi connectivity index (χ2n) is 5.86. The van der Waals surface area contributed by atoms with Gasteiger partial charge in [-0.25, -0.2) is 0 Å². The summed E-state index contributed by atoms with van der Waals surface area (Å²) in [5, 5.41) is 3.02. The predicted molar refractivity (Wildman–Crippen MR) is 93.6 cm³/mol. The molecule has 1 amide bonds. The first-order valence-electron chi connectivity index (χ1n) is 8.17. The average molecular weight is 358 g/mol. The molecule has 0 saturated carbocycles. The van der Waals surface area contributed by atoms with Crippen molar-refractivity contribution in [2.24, 2.45) is 0 Å². The van der Waals surface area contributed by atoms with Gasteiger partial charge >= 0.3 is 0 Å². The normalized spacial score (nSPS) is 16.8. The Kier molecular flexibility index (Phi) is 4.73. The maximum Gasteiger partial charge on any atom is 0.251 e. The molecule has 25 heavy (non-hydrogen) atoms. The summed E-state index contributed by atoms with van der Waals surface area (Å²) in [4.78, 5) is 14.8. The van der Waals surface area contributed by atoms with Gasteiger partial charge in [-0.1, -0.05) is 0 Å². The predicted octanol–water partition coefficient (Wildman–Crippen LogP) is 2.09. The summed E-state index contributed by atoms with van der Waals surface area (Å²) in [6.45, 7) is 3.49. The number of fused-ring (bicyclic) bond motifs is 1. The maximum absolute atomic E-state index is 12.5. The summed E-state index contributed by atoms with van der Waals surface area (Å²) in [5.74, 6) is 0.723. The van der Waals surface area contributed by atoms with Crippen LogP contribution in [0.25, 0.3) is 11.0 Å². The van der Waals surface area contributed by atoms with Crippen molar-refractivity contribution in [3.63, 3.8) is 0 Å². The van der Waals surface area contributed by atoms with E-state index in [0.717, 1.165) is 41.6 Å². The van der Waals surface area contributed by atoms with Gasteiger partial charge in [0.1, 0.15) is 16.8 Å². The van der Waals surface area contributed by atoms with Gasteiger partial charge in [-0.05, 0) is 30.3 Å². The summed E-state index contributed by atoms with van der Waals surface area (Å²) in [6.07, 6.45) is 1.66. The van der Waals surface area contributed by atoms with Crippen LogP contribution in [0.2, 0.25) is 0 Å². The van der Waals surface area contributed by atoms with Crippen molar-refractivity contribution >= 4 is 28.7 Å². The number of morpholine rings is 1. The molecule has 0 spiro atoms. The zero-order chi connectivity index (χ0) is 17.1. The second kappa shape index (κ2) is 7.30. The monoisotopic (exact) mass is 358 g/mol. The standard InChI is InChI=1S/C17H18N4O3S/c22-17(12-3-4-13-14(10-12)20-25-19-13)18-11-15(16-2-1-7-24-16)21-5-8-23-9-6-21/h1-4,7,10,15H,5-6,8-9,11H2,(H,18,22)/t15-/m1/s1. The Morgan fingerprint density at radius 2 is 2.08 bits per heavy atom. The maximum atomic E-state index is 12.5. The molecule has 0 radical (unpaired) electrons. The first kappa shape index (κ1) is 16.2. The molecule has 2 aromatic heterocycles. The molecule has 1 aliphatic rings. The highest BCUT2D eigenvalue weighted by molar-refractivity contribution is 7.00. The molecule has 1 N–H and O–H groups in total. The van der Waals surface area contributed by atoms with Gasteiger partial charge in [-0.2, -0.15) is 8.75 Å². The van der Waals surface area contributed by atoms with Gasteiger partial charge in [0.25, 0.3) is 5.91 Å². The van der Waals surface area contributed by atoms with E-state index in [2.05, 4.69) is 19.0 Å². The lowest BCUT2D eigenvalue weighted by Crippen LogP contribution is -2.43. The van der Waals surface area contributed by atoms with Crippen LogP contribution in [0.5, 0.6) is 0 Å². The van der Waals surface area contributed by atoms with Crippen molar-refractivity contribution in [1.29, 1.82) is 0 Å². The SMILES string of the molecule is O=C(NC[C@H](c1ccco1)N1CCOCC1)c1ccc2nsnc2c1. The summed E-state index contributed by atoms with van der Waals surface area (Å²) < 4.78 is 19.3. The van der Waals surface area contributed by atoms with Gasteiger partial charge < -0.3 is 14.5 Å². The fourth-order valence-electron chi connectivity index (χ4n) is 2.99. The van der Waals surface area contributed by atoms with Gasteiger partial charge in [0.05, 0.1) is 37.2 Å². The van der Waals surface area contributed by atoms with Crippen molar-refractivity contribution in [2.75, 3.05) is 32.8 Å². The Morgan fingerprint density at radius 3 is 2.88 bits per heavy atom. The smallest absolute Gasteiger partial charge is 0.251 e. The number of rotatable bonds is 5. The van der Waals surface area contributed by atoms with E-state index in [-0.39, 0.29) is 11.9 Å². The molecule has 1 atom stereocenters. The Morgan fingerprint density at radius 1 is 1.24 bits per heavy atom. The number of hydrogen-bond acceptors (Lipinski definition) is 7. The van der Waals surface area contributed by atoms with E-state index in [1.165, 1.54) is 0 Å². The van der Waals surface area contributed by atoms with Gasteiger partial charge in [-0.15, -0.1) is 0 Å². The summed E-state index contributed by atoms with van der Waals surface area (Å²) in [6, 6.07) is 9.17. The van der Waals surface area contributed by atoms with E-state index in [1.54, 1.807) is 18.4 Å². The lowest BCUT2D eigenvalue weighted by atomic mass is 10.1. The van der Waals surface area contributed by atoms with Crippen molar-refractivity contribution in [1.82, 2.24) is 19.0 Å². The lowest BCUT2D eigenvalue weighted by molar-refractivity contribution is 0.0118. The minimum atomic E-state index is -0.125. The zero-order valence-corrected chi connectivity index (χ0v) is 14.4. The van der Waals surface area contributed by atoms with Crippen molar-refractivity contribution in [3.05, 3.63) is 47.9 Å². The Hall–Kier alpha value is -2.29. The van der Waals surface area contributed by atoms with Crippen LogP contribution in [0.1, 0.15) is 22.2 Å². The number of hydrogen-bond donors (Lipinski definition) is 1. The number of benzene rings is 1. The third kappa shape index (κ3) is 3.55. The molecule has 8 heteroatoms. The topological polar surface area (TPSA) is 80.5 Å². The molecule has 0 unspecified atom stereocenters. The molecule has 0 aliphatic carbocycles. The van der Waals surface area contributed by atoms with Crippen LogP contribution in [0.3, 0.4) is 0 Å². The molecule has 3 heterocycles. The van der Waals surface area contributed by atoms with Crippen LogP contribution >= 0.6 is 11.7 Å². The van der Waals surface area contributed by atoms with Gasteiger partial charge in [0, 0.05) is 25.2 Å². The average Bonchev–Trinajstić information content (AvgIpc) is 3.34. The number of amides is 1. The van der Waals surface area contributed by atoms with E-state index in [4.69, 9.17) is 9.15 Å². The Labute approximate surface area is 148 Å². The van der Waals surface area contributed by atoms with E-state index >= 15 is 0 Å². The van der Waals surface area contributed by atoms with Crippen LogP contribution in [-0.2, 0) is 4.74 Å². The first-order valence-corrected chi connectivity index (χ1v) is 8.90. The van der Waals surface area contributed by atoms with Gasteiger partial charge in [0.2, 0.25) is 0 Å². The van der Waals surface area contributed by atoms with E-state index in [1.807, 2.05) is 18.2 Å². The number of aromatic nitrogens is 2. The number of carbonyl (C=O) groups excluding carboxylic acids is 1. The molecule has 4 rings (SSSR count). The minimum absolute atomic E-state index is 0.00693. The molecule has 0 bridgehead atoms. The van der Waals surface area contributed by atoms with Crippen LogP contribution in [0, 0.1) is 0 Å². The van der Waals surface area contributed by atoms with Crippen LogP contribution in [0.4, 0.5) is 0 Å². The third-order valence-corrected chi connectivity index (χ3v) is 4.89. The number of nitrogens with one attached hydrogen (secondary N) is 1. The van der Waals surface area contributed by atoms with Crippen LogP contribution < -0.4 is 5.32 Å². The highest BCUT2D eigenvalue weighted by atomic mass is 32.1. The minimum Gasteiger partial charge on any atom is -0.468 e. The summed E-state index contributed by atoms with van der Waals surface area (Å²) in [7, 11) is 0. The van der Waals surface area contributed by atoms with E-state index in [9.17, 15) is 4.79 Å². The van der Waals surface area contributed by atoms with Crippen molar-refractivity contribution < 1.29 is 13.9 Å². The third-order valence-electron chi connectivity index (χ3n) is 4.33. The van der Waals surface area contributed by atoms with Crippen molar-refractivity contribution in [3.8, 4) is 0 Å². The summed E-state index contributed by atoms with van der Waals surface area (Å²) >= 11 is 1.15. The zero-order valence-electron chi connectivity index (χ0n) is 13.6. The summed E-state index contributed by atoms with van der Waals surface area (Å²) in [5.41, 5.74) is 2.14. The van der Waals surface area contributed by atoms with Gasteiger partial charge in [0.15, 0.2) is 0 Å². The van der Waals surface area contributed by atoms with E-state index < -0.39 is 0 Å². The molecule has 3 aromatic rings. The number of ether oxygens (including phenoxy) is 1. The number of furan rings is 1. The van der Waals surface area contributed by atoms with Crippen LogP contribution in [0.15, 0.2) is 41.0 Å². The molecular formula is C17H18N4O3S. The fourth-order valence-corrected chi connectivity index (χ4v) is 3.51. The number of nitrogens with zero attached hydrogens (tertiary/aromatic N) is 3. The lowest BCUT2D eigenvalue weighted by Gasteiger charge is -2.33. The molecule has 1 saturated heterocycles. The molecule has 7 nitrogen and oxygen atoms in total. The highest BCUT2D eigenvalue weighted by Crippen LogP contribution is 2.22. The molecule has 1 aliphatic heterocycles. The largest absolute Gasteiger partial charge is 0.468 e. The second-order valence-corrected chi connectivity index (χ2v) is 6.39. The van der Waals surface area contributed by atoms with Crippen molar-refractivity contribution in [2.45, 2.75) is 6.04 Å². The molecule has 1 aromatic carbocycles. The quantitative estimate of drug-likeness (QED) is 0.752. The first-order chi connectivity index (χ1) is 12.3. The fraction of sp³-hybridized carbons (Fsp3) is 0.353. The molecule has 1 fully saturated rings. The number of carbonyl (C=O) groups is 1.